The molecule has 3 aromatic carbocycles. The maximum atomic E-state index is 14.1. The summed E-state index contributed by atoms with van der Waals surface area (Å²) in [6.07, 6.45) is 0.716. The maximum absolute atomic E-state index is 14.1. The molecule has 1 saturated heterocycles. The van der Waals surface area contributed by atoms with E-state index in [1.807, 2.05) is 43.3 Å². The molecule has 0 unspecified atom stereocenters. The minimum absolute atomic E-state index is 0.0514. The van der Waals surface area contributed by atoms with Gasteiger partial charge < -0.3 is 9.72 Å². The van der Waals surface area contributed by atoms with Crippen molar-refractivity contribution in [2.75, 3.05) is 4.90 Å². The summed E-state index contributed by atoms with van der Waals surface area (Å²) in [5, 5.41) is 12.7. The molecule has 7 atom stereocenters. The van der Waals surface area contributed by atoms with Crippen LogP contribution in [0.25, 0.3) is 0 Å². The van der Waals surface area contributed by atoms with Crippen LogP contribution in [0, 0.1) is 46.6 Å². The Labute approximate surface area is 274 Å². The summed E-state index contributed by atoms with van der Waals surface area (Å²) in [6, 6.07) is 19.8. The van der Waals surface area contributed by atoms with Gasteiger partial charge in [0.2, 0.25) is 11.8 Å². The summed E-state index contributed by atoms with van der Waals surface area (Å²) >= 11 is 6.12. The first-order valence-electron chi connectivity index (χ1n) is 14.7. The Morgan fingerprint density at radius 3 is 2.51 bits per heavy atom. The number of anilines is 1. The van der Waals surface area contributed by atoms with Crippen molar-refractivity contribution in [3.63, 3.8) is 0 Å². The number of rotatable bonds is 6. The molecule has 2 amide bonds. The molecule has 12 heteroatoms. The van der Waals surface area contributed by atoms with E-state index in [4.69, 9.17) is 4.74 Å². The number of fused-ring (bicyclic) bond motifs is 9. The number of hydrogen-bond acceptors (Lipinski definition) is 8. The highest BCUT2D eigenvalue weighted by atomic mass is 79.9. The second kappa shape index (κ2) is 10.7. The topological polar surface area (TPSA) is 123 Å². The Balaban J connectivity index is 1.22. The molecule has 2 saturated carbocycles. The minimum atomic E-state index is -0.483. The summed E-state index contributed by atoms with van der Waals surface area (Å²) in [5.74, 6) is -1.50. The fourth-order valence-corrected chi connectivity index (χ4v) is 11.3. The van der Waals surface area contributed by atoms with Crippen molar-refractivity contribution in [3.8, 4) is 5.75 Å². The predicted octanol–water partition coefficient (Wildman–Crippen LogP) is 6.67. The lowest BCUT2D eigenvalue weighted by Crippen LogP contribution is -2.42. The number of aromatic amines is 1. The van der Waals surface area contributed by atoms with Crippen molar-refractivity contribution in [3.05, 3.63) is 113 Å². The molecule has 9 nitrogen and oxygen atoms in total. The lowest BCUT2D eigenvalue weighted by atomic mass is 9.68. The molecule has 3 fully saturated rings. The molecule has 2 aliphatic heterocycles. The molecule has 1 N–H and O–H groups in total. The van der Waals surface area contributed by atoms with Crippen molar-refractivity contribution < 1.29 is 19.2 Å². The van der Waals surface area contributed by atoms with E-state index in [0.29, 0.717) is 23.4 Å². The van der Waals surface area contributed by atoms with Crippen LogP contribution < -0.4 is 14.5 Å². The van der Waals surface area contributed by atoms with E-state index in [2.05, 4.69) is 20.9 Å². The average Bonchev–Trinajstić information content (AvgIpc) is 3.75. The first kappa shape index (κ1) is 28.7. The van der Waals surface area contributed by atoms with Crippen LogP contribution in [0.3, 0.4) is 0 Å². The Morgan fingerprint density at radius 1 is 1.02 bits per heavy atom. The third-order valence-electron chi connectivity index (χ3n) is 9.82. The number of ether oxygens (including phenoxy) is 1. The van der Waals surface area contributed by atoms with E-state index in [1.54, 1.807) is 36.0 Å². The lowest BCUT2D eigenvalue weighted by Gasteiger charge is -2.43. The molecule has 228 valence electrons. The van der Waals surface area contributed by atoms with E-state index in [-0.39, 0.29) is 52.0 Å². The van der Waals surface area contributed by atoms with Gasteiger partial charge in [-0.2, -0.15) is 0 Å². The summed E-state index contributed by atoms with van der Waals surface area (Å²) in [4.78, 5) is 57.2. The van der Waals surface area contributed by atoms with E-state index < -0.39 is 22.7 Å². The zero-order chi connectivity index (χ0) is 31.1. The number of non-ortho nitro benzene ring substituents is 1. The molecule has 0 radical (unpaired) electrons. The number of aryl methyl sites for hydroxylation is 1. The fourth-order valence-electron chi connectivity index (χ4n) is 8.20. The van der Waals surface area contributed by atoms with Gasteiger partial charge in [0, 0.05) is 38.2 Å². The third kappa shape index (κ3) is 4.51. The molecule has 4 aliphatic rings. The molecular weight excluding hydrogens is 678 g/mol. The Hall–Kier alpha value is -3.74. The lowest BCUT2D eigenvalue weighted by molar-refractivity contribution is -0.385. The molecule has 8 rings (SSSR count). The maximum Gasteiger partial charge on any atom is 0.305 e. The van der Waals surface area contributed by atoms with Crippen LogP contribution in [0.15, 0.2) is 81.0 Å². The number of halogens is 1. The number of thiazole rings is 1. The molecule has 2 bridgehead atoms. The number of amides is 2. The van der Waals surface area contributed by atoms with Crippen molar-refractivity contribution in [2.24, 2.45) is 29.6 Å². The SMILES string of the molecule is Cc1cccc(COc2ccc([N+](=O)[O-])cc2[C@@H]2c3sc(=O)[nH]c3S[C@@H]3[C@@H]4C[C@@H]([C@@H]5C(=O)N(c6ccc(Br)cc6)C(=O)[C@@H]45)[C@@H]23)c1. The third-order valence-corrected chi connectivity index (χ3v) is 12.9. The number of thioether (sulfide) groups is 1. The number of carbonyl (C=O) groups is 2. The molecule has 3 heterocycles. The van der Waals surface area contributed by atoms with Crippen LogP contribution in [-0.2, 0) is 16.2 Å². The predicted molar refractivity (Wildman–Crippen MR) is 174 cm³/mol. The van der Waals surface area contributed by atoms with Gasteiger partial charge in [0.05, 0.1) is 27.5 Å². The highest BCUT2D eigenvalue weighted by Crippen LogP contribution is 2.69. The van der Waals surface area contributed by atoms with Crippen molar-refractivity contribution >= 4 is 62.2 Å². The van der Waals surface area contributed by atoms with Crippen LogP contribution in [0.5, 0.6) is 5.75 Å². The Bertz CT molecular complexity index is 1960. The zero-order valence-electron chi connectivity index (χ0n) is 23.8. The number of hydrogen-bond donors (Lipinski definition) is 1. The number of H-pyrrole nitrogens is 1. The molecule has 4 aromatic rings. The standard InChI is InChI=1S/C33H26BrN3O6S2/c1-15-3-2-4-16(11-15)14-43-23-10-9-19(37(41)42)12-20(23)24-25-21-13-22(28(25)44-30-29(24)45-33(40)35-30)27-26(21)31(38)36(32(27)39)18-7-5-17(34)6-8-18/h2-12,21-22,24-28H,13-14H2,1H3,(H,35,40)/t21-,22-,24+,25+,26+,27+,28-/m1/s1. The fraction of sp³-hybridized carbons (Fsp3) is 0.303. The molecule has 0 spiro atoms. The summed E-state index contributed by atoms with van der Waals surface area (Å²) in [6.45, 7) is 2.27. The van der Waals surface area contributed by atoms with Crippen LogP contribution in [-0.4, -0.2) is 27.0 Å². The average molecular weight is 705 g/mol. The largest absolute Gasteiger partial charge is 0.489 e. The van der Waals surface area contributed by atoms with Crippen molar-refractivity contribution in [1.82, 2.24) is 4.98 Å². The molecule has 2 aliphatic carbocycles. The van der Waals surface area contributed by atoms with Crippen LogP contribution in [0.1, 0.15) is 33.9 Å². The summed E-state index contributed by atoms with van der Waals surface area (Å²) in [7, 11) is 0. The second-order valence-corrected chi connectivity index (χ2v) is 15.3. The Morgan fingerprint density at radius 2 is 1.78 bits per heavy atom. The number of aromatic nitrogens is 1. The number of nitro benzene ring substituents is 1. The van der Waals surface area contributed by atoms with Gasteiger partial charge in [0.25, 0.3) is 5.69 Å². The van der Waals surface area contributed by atoms with Crippen molar-refractivity contribution in [2.45, 2.75) is 36.1 Å². The highest BCUT2D eigenvalue weighted by Gasteiger charge is 2.70. The minimum Gasteiger partial charge on any atom is -0.489 e. The number of benzene rings is 3. The summed E-state index contributed by atoms with van der Waals surface area (Å²) < 4.78 is 7.23. The van der Waals surface area contributed by atoms with Gasteiger partial charge in [0.15, 0.2) is 0 Å². The van der Waals surface area contributed by atoms with Gasteiger partial charge in [-0.25, -0.2) is 0 Å². The molecule has 45 heavy (non-hydrogen) atoms. The second-order valence-electron chi connectivity index (χ2n) is 12.2. The van der Waals surface area contributed by atoms with E-state index in [0.717, 1.165) is 36.8 Å². The first-order chi connectivity index (χ1) is 21.7. The molecular formula is C33H26BrN3O6S2. The van der Waals surface area contributed by atoms with Gasteiger partial charge in [-0.1, -0.05) is 57.1 Å². The molecule has 1 aromatic heterocycles. The van der Waals surface area contributed by atoms with Crippen LogP contribution in [0.4, 0.5) is 11.4 Å². The summed E-state index contributed by atoms with van der Waals surface area (Å²) in [5.41, 5.74) is 3.19. The first-order valence-corrected chi connectivity index (χ1v) is 17.2. The van der Waals surface area contributed by atoms with Gasteiger partial charge in [-0.3, -0.25) is 29.4 Å². The van der Waals surface area contributed by atoms with Gasteiger partial charge in [0.1, 0.15) is 12.4 Å². The number of nitro groups is 1. The van der Waals surface area contributed by atoms with Crippen LogP contribution in [0.2, 0.25) is 0 Å². The normalized spacial score (nSPS) is 27.8. The van der Waals surface area contributed by atoms with Gasteiger partial charge in [-0.15, -0.1) is 11.8 Å². The quantitative estimate of drug-likeness (QED) is 0.135. The smallest absolute Gasteiger partial charge is 0.305 e. The van der Waals surface area contributed by atoms with Crippen LogP contribution >= 0.6 is 39.0 Å². The van der Waals surface area contributed by atoms with Crippen molar-refractivity contribution in [1.29, 1.82) is 0 Å². The monoisotopic (exact) mass is 703 g/mol. The van der Waals surface area contributed by atoms with E-state index in [1.165, 1.54) is 11.0 Å². The number of carbonyl (C=O) groups excluding carboxylic acids is 2. The van der Waals surface area contributed by atoms with Gasteiger partial charge in [-0.05, 0) is 67.0 Å². The number of nitrogens with zero attached hydrogens (tertiary/aromatic N) is 2. The number of nitrogens with one attached hydrogen (secondary N) is 1. The highest BCUT2D eigenvalue weighted by molar-refractivity contribution is 9.10. The number of imide groups is 1. The van der Waals surface area contributed by atoms with E-state index >= 15 is 0 Å². The zero-order valence-corrected chi connectivity index (χ0v) is 27.1. The Kier molecular flexibility index (Phi) is 6.81. The van der Waals surface area contributed by atoms with E-state index in [9.17, 15) is 24.5 Å². The van der Waals surface area contributed by atoms with Gasteiger partial charge >= 0.3 is 4.87 Å².